The third kappa shape index (κ3) is 3.32. The predicted molar refractivity (Wildman–Crippen MR) is 87.8 cm³/mol. The third-order valence-corrected chi connectivity index (χ3v) is 5.21. The van der Waals surface area contributed by atoms with Crippen molar-refractivity contribution in [3.05, 3.63) is 46.0 Å². The zero-order valence-electron chi connectivity index (χ0n) is 13.2. The Bertz CT molecular complexity index is 693. The second-order valence-electron chi connectivity index (χ2n) is 5.84. The van der Waals surface area contributed by atoms with Crippen molar-refractivity contribution in [1.29, 1.82) is 0 Å². The third-order valence-electron chi connectivity index (χ3n) is 4.27. The molecule has 2 atom stereocenters. The minimum absolute atomic E-state index is 0.0307. The lowest BCUT2D eigenvalue weighted by Gasteiger charge is -2.37. The number of piperidine rings is 1. The van der Waals surface area contributed by atoms with Gasteiger partial charge in [-0.05, 0) is 36.9 Å². The summed E-state index contributed by atoms with van der Waals surface area (Å²) in [5.41, 5.74) is 0. The summed E-state index contributed by atoms with van der Waals surface area (Å²) in [5.74, 6) is 1.40. The largest absolute Gasteiger partial charge is 0.465 e. The van der Waals surface area contributed by atoms with Gasteiger partial charge < -0.3 is 14.6 Å². The molecule has 122 valence electrons. The number of rotatable bonds is 4. The number of furan rings is 1. The number of carbonyl (C=O) groups is 2. The van der Waals surface area contributed by atoms with Gasteiger partial charge in [-0.1, -0.05) is 6.07 Å². The molecule has 0 bridgehead atoms. The Morgan fingerprint density at radius 1 is 1.43 bits per heavy atom. The van der Waals surface area contributed by atoms with E-state index in [2.05, 4.69) is 5.32 Å². The molecule has 3 rings (SSSR count). The maximum absolute atomic E-state index is 12.6. The zero-order chi connectivity index (χ0) is 16.4. The quantitative estimate of drug-likeness (QED) is 0.936. The highest BCUT2D eigenvalue weighted by Gasteiger charge is 2.39. The standard InChI is InChI=1S/C17H20N2O3S/c1-11-5-6-12(22-11)10-18-17(21)13-7-8-15(20)19(2)16(13)14-4-3-9-23-14/h3-6,9,13,16H,7-8,10H2,1-2H3,(H,18,21)/t13-,16-/m1/s1. The van der Waals surface area contributed by atoms with Gasteiger partial charge in [0.1, 0.15) is 11.5 Å². The van der Waals surface area contributed by atoms with Crippen LogP contribution in [0.1, 0.15) is 35.3 Å². The summed E-state index contributed by atoms with van der Waals surface area (Å²) < 4.78 is 5.48. The van der Waals surface area contributed by atoms with Crippen molar-refractivity contribution in [1.82, 2.24) is 10.2 Å². The maximum Gasteiger partial charge on any atom is 0.225 e. The van der Waals surface area contributed by atoms with Crippen LogP contribution < -0.4 is 5.32 Å². The summed E-state index contributed by atoms with van der Waals surface area (Å²) in [6.07, 6.45) is 0.991. The highest BCUT2D eigenvalue weighted by molar-refractivity contribution is 7.10. The number of hydrogen-bond donors (Lipinski definition) is 1. The van der Waals surface area contributed by atoms with Gasteiger partial charge in [0.15, 0.2) is 0 Å². The van der Waals surface area contributed by atoms with E-state index in [1.54, 1.807) is 23.3 Å². The Morgan fingerprint density at radius 2 is 2.26 bits per heavy atom. The molecule has 0 spiro atoms. The van der Waals surface area contributed by atoms with Crippen LogP contribution in [0.2, 0.25) is 0 Å². The Balaban J connectivity index is 1.73. The SMILES string of the molecule is Cc1ccc(CNC(=O)[C@@H]2CCC(=O)N(C)[C@H]2c2cccs2)o1. The molecule has 1 fully saturated rings. The normalized spacial score (nSPS) is 21.5. The van der Waals surface area contributed by atoms with E-state index < -0.39 is 0 Å². The van der Waals surface area contributed by atoms with Crippen LogP contribution in [0.4, 0.5) is 0 Å². The van der Waals surface area contributed by atoms with E-state index in [9.17, 15) is 9.59 Å². The first-order valence-corrected chi connectivity index (χ1v) is 8.56. The number of thiophene rings is 1. The minimum atomic E-state index is -0.229. The smallest absolute Gasteiger partial charge is 0.225 e. The van der Waals surface area contributed by atoms with Crippen LogP contribution in [-0.2, 0) is 16.1 Å². The molecular formula is C17H20N2O3S. The van der Waals surface area contributed by atoms with Crippen LogP contribution in [0.3, 0.4) is 0 Å². The van der Waals surface area contributed by atoms with Gasteiger partial charge in [0.25, 0.3) is 0 Å². The number of carbonyl (C=O) groups excluding carboxylic acids is 2. The van der Waals surface area contributed by atoms with Crippen molar-refractivity contribution < 1.29 is 14.0 Å². The first-order chi connectivity index (χ1) is 11.1. The van der Waals surface area contributed by atoms with E-state index in [-0.39, 0.29) is 23.8 Å². The first kappa shape index (κ1) is 15.8. The second kappa shape index (κ2) is 6.58. The molecule has 6 heteroatoms. The molecule has 1 aliphatic rings. The fourth-order valence-electron chi connectivity index (χ4n) is 3.05. The van der Waals surface area contributed by atoms with E-state index >= 15 is 0 Å². The van der Waals surface area contributed by atoms with Gasteiger partial charge in [0.2, 0.25) is 11.8 Å². The number of nitrogens with zero attached hydrogens (tertiary/aromatic N) is 1. The van der Waals surface area contributed by atoms with Gasteiger partial charge in [-0.25, -0.2) is 0 Å². The molecule has 0 radical (unpaired) electrons. The van der Waals surface area contributed by atoms with Crippen molar-refractivity contribution in [3.63, 3.8) is 0 Å². The topological polar surface area (TPSA) is 62.6 Å². The summed E-state index contributed by atoms with van der Waals surface area (Å²) in [6.45, 7) is 2.25. The molecule has 0 unspecified atom stereocenters. The van der Waals surface area contributed by atoms with E-state index in [0.717, 1.165) is 16.4 Å². The molecule has 1 aliphatic heterocycles. The number of aryl methyl sites for hydroxylation is 1. The fourth-order valence-corrected chi connectivity index (χ4v) is 3.98. The fraction of sp³-hybridized carbons (Fsp3) is 0.412. The van der Waals surface area contributed by atoms with E-state index in [4.69, 9.17) is 4.42 Å². The molecule has 2 amide bonds. The summed E-state index contributed by atoms with van der Waals surface area (Å²) >= 11 is 1.58. The Labute approximate surface area is 139 Å². The average molecular weight is 332 g/mol. The molecule has 1 N–H and O–H groups in total. The summed E-state index contributed by atoms with van der Waals surface area (Å²) in [4.78, 5) is 27.4. The van der Waals surface area contributed by atoms with E-state index in [0.29, 0.717) is 19.4 Å². The average Bonchev–Trinajstić information content (AvgIpc) is 3.19. The molecule has 2 aromatic rings. The van der Waals surface area contributed by atoms with Gasteiger partial charge >= 0.3 is 0 Å². The lowest BCUT2D eigenvalue weighted by atomic mass is 9.87. The van der Waals surface area contributed by atoms with Gasteiger partial charge in [0, 0.05) is 18.3 Å². The van der Waals surface area contributed by atoms with Crippen molar-refractivity contribution >= 4 is 23.2 Å². The monoisotopic (exact) mass is 332 g/mol. The highest BCUT2D eigenvalue weighted by atomic mass is 32.1. The first-order valence-electron chi connectivity index (χ1n) is 7.68. The van der Waals surface area contributed by atoms with E-state index in [1.165, 1.54) is 0 Å². The summed E-state index contributed by atoms with van der Waals surface area (Å²) in [6, 6.07) is 7.49. The predicted octanol–water partition coefficient (Wildman–Crippen LogP) is 2.88. The molecule has 5 nitrogen and oxygen atoms in total. The highest BCUT2D eigenvalue weighted by Crippen LogP contribution is 2.37. The minimum Gasteiger partial charge on any atom is -0.465 e. The Hall–Kier alpha value is -2.08. The second-order valence-corrected chi connectivity index (χ2v) is 6.82. The van der Waals surface area contributed by atoms with Gasteiger partial charge in [-0.2, -0.15) is 0 Å². The molecule has 3 heterocycles. The molecule has 1 saturated heterocycles. The van der Waals surface area contributed by atoms with Crippen molar-refractivity contribution in [2.75, 3.05) is 7.05 Å². The molecule has 0 aromatic carbocycles. The zero-order valence-corrected chi connectivity index (χ0v) is 14.1. The van der Waals surface area contributed by atoms with Crippen molar-refractivity contribution in [3.8, 4) is 0 Å². The van der Waals surface area contributed by atoms with Crippen molar-refractivity contribution in [2.24, 2.45) is 5.92 Å². The van der Waals surface area contributed by atoms with Crippen LogP contribution in [0.25, 0.3) is 0 Å². The molecule has 2 aromatic heterocycles. The van der Waals surface area contributed by atoms with Crippen LogP contribution in [0.15, 0.2) is 34.1 Å². The lowest BCUT2D eigenvalue weighted by molar-refractivity contribution is -0.141. The lowest BCUT2D eigenvalue weighted by Crippen LogP contribution is -2.45. The van der Waals surface area contributed by atoms with Crippen molar-refractivity contribution in [2.45, 2.75) is 32.4 Å². The number of amides is 2. The van der Waals surface area contributed by atoms with E-state index in [1.807, 2.05) is 36.6 Å². The summed E-state index contributed by atoms with van der Waals surface area (Å²) in [5, 5.41) is 4.92. The van der Waals surface area contributed by atoms with Crippen LogP contribution >= 0.6 is 11.3 Å². The van der Waals surface area contributed by atoms with Gasteiger partial charge in [-0.3, -0.25) is 9.59 Å². The Kier molecular flexibility index (Phi) is 4.52. The number of nitrogens with one attached hydrogen (secondary N) is 1. The number of hydrogen-bond acceptors (Lipinski definition) is 4. The molecule has 23 heavy (non-hydrogen) atoms. The van der Waals surface area contributed by atoms with Crippen LogP contribution in [0.5, 0.6) is 0 Å². The molecule has 0 saturated carbocycles. The van der Waals surface area contributed by atoms with Gasteiger partial charge in [-0.15, -0.1) is 11.3 Å². The maximum atomic E-state index is 12.6. The number of likely N-dealkylation sites (tertiary alicyclic amines) is 1. The van der Waals surface area contributed by atoms with Crippen LogP contribution in [-0.4, -0.2) is 23.8 Å². The Morgan fingerprint density at radius 3 is 2.91 bits per heavy atom. The molecule has 0 aliphatic carbocycles. The van der Waals surface area contributed by atoms with Gasteiger partial charge in [0.05, 0.1) is 18.5 Å². The van der Waals surface area contributed by atoms with Crippen LogP contribution in [0, 0.1) is 12.8 Å². The molecular weight excluding hydrogens is 312 g/mol. The summed E-state index contributed by atoms with van der Waals surface area (Å²) in [7, 11) is 1.78.